The van der Waals surface area contributed by atoms with Crippen LogP contribution in [-0.2, 0) is 32.1 Å². The minimum absolute atomic E-state index is 0. The van der Waals surface area contributed by atoms with Gasteiger partial charge in [-0.25, -0.2) is 0 Å². The van der Waals surface area contributed by atoms with Crippen LogP contribution in [0.4, 0.5) is 0 Å². The quantitative estimate of drug-likeness (QED) is 0.377. The Labute approximate surface area is 276 Å². The van der Waals surface area contributed by atoms with E-state index < -0.39 is 21.3 Å². The predicted octanol–water partition coefficient (Wildman–Crippen LogP) is 4.72. The van der Waals surface area contributed by atoms with Gasteiger partial charge < -0.3 is 24.8 Å². The molecule has 222 valence electrons. The van der Waals surface area contributed by atoms with Crippen molar-refractivity contribution in [1.82, 2.24) is 0 Å². The molecule has 3 aromatic carbocycles. The van der Waals surface area contributed by atoms with E-state index in [0.717, 1.165) is 0 Å². The van der Waals surface area contributed by atoms with E-state index in [4.69, 9.17) is 0 Å². The second kappa shape index (κ2) is 12.5. The van der Waals surface area contributed by atoms with Gasteiger partial charge in [-0.05, 0) is 0 Å². The molecule has 2 aliphatic carbocycles. The van der Waals surface area contributed by atoms with Crippen LogP contribution in [0.3, 0.4) is 0 Å². The van der Waals surface area contributed by atoms with Crippen LogP contribution in [0.2, 0.25) is 0 Å². The Morgan fingerprint density at radius 2 is 1.12 bits per heavy atom. The molecule has 42 heavy (non-hydrogen) atoms. The van der Waals surface area contributed by atoms with Gasteiger partial charge in [0.25, 0.3) is 0 Å². The van der Waals surface area contributed by atoms with Crippen molar-refractivity contribution < 1.29 is 46.1 Å². The van der Waals surface area contributed by atoms with Crippen molar-refractivity contribution in [3.63, 3.8) is 0 Å². The van der Waals surface area contributed by atoms with Gasteiger partial charge in [0.1, 0.15) is 0 Å². The summed E-state index contributed by atoms with van der Waals surface area (Å²) < 4.78 is 3.89. The van der Waals surface area contributed by atoms with Gasteiger partial charge in [0.05, 0.1) is 0 Å². The van der Waals surface area contributed by atoms with Gasteiger partial charge in [0.2, 0.25) is 0 Å². The molecule has 0 heterocycles. The van der Waals surface area contributed by atoms with Crippen molar-refractivity contribution in [2.45, 2.75) is 90.6 Å². The van der Waals surface area contributed by atoms with Gasteiger partial charge in [-0.2, -0.15) is 0 Å². The molecule has 0 saturated carbocycles. The van der Waals surface area contributed by atoms with Gasteiger partial charge in [0.15, 0.2) is 0 Å². The molecule has 0 radical (unpaired) electrons. The average Bonchev–Trinajstić information content (AvgIpc) is 3.42. The summed E-state index contributed by atoms with van der Waals surface area (Å²) in [6.07, 6.45) is 5.20. The Morgan fingerprint density at radius 1 is 0.643 bits per heavy atom. The Bertz CT molecular complexity index is 1490. The molecule has 1 atom stereocenters. The van der Waals surface area contributed by atoms with E-state index in [1.807, 2.05) is 0 Å². The maximum absolute atomic E-state index is 2.64. The number of fused-ring (bicyclic) bond motifs is 3. The summed E-state index contributed by atoms with van der Waals surface area (Å²) in [7, 11) is 0. The fourth-order valence-electron chi connectivity index (χ4n) is 6.43. The van der Waals surface area contributed by atoms with Crippen molar-refractivity contribution in [3.8, 4) is 11.1 Å². The third kappa shape index (κ3) is 6.60. The number of benzene rings is 3. The Hall–Kier alpha value is -1.53. The summed E-state index contributed by atoms with van der Waals surface area (Å²) >= 11 is -2.51. The van der Waals surface area contributed by atoms with E-state index in [1.54, 1.807) is 17.6 Å². The smallest absolute Gasteiger partial charge is 1.00 e. The zero-order valence-corrected chi connectivity index (χ0v) is 31.4. The molecule has 0 aliphatic heterocycles. The third-order valence-electron chi connectivity index (χ3n) is 9.06. The minimum atomic E-state index is -2.51. The standard InChI is InChI=1S/C21H25.C10H15.C8H8.2ClH.Zr/c1-20(2,3)16-9-7-14-11-15-8-10-17(21(4,5)6)13-19(15)18(14)12-16;1-8-5-6-9(7-8)10(2,3)4;1-2-8-6-4-3-5-7-8;;;/h7-13H,1-6H3;6-8H,1-4H3;3-7H,1H3;2*1H;/q;;;;;+2/p-2. The fraction of sp³-hybridized carbons (Fsp3) is 0.410. The second-order valence-electron chi connectivity index (χ2n) is 15.2. The molecule has 5 rings (SSSR count). The summed E-state index contributed by atoms with van der Waals surface area (Å²) in [6.45, 7) is 26.1. The van der Waals surface area contributed by atoms with Gasteiger partial charge in [-0.1, -0.05) is 0 Å². The van der Waals surface area contributed by atoms with E-state index in [0.29, 0.717) is 9.54 Å². The Kier molecular flexibility index (Phi) is 10.4. The van der Waals surface area contributed by atoms with Crippen molar-refractivity contribution in [3.05, 3.63) is 116 Å². The van der Waals surface area contributed by atoms with Gasteiger partial charge in [0, 0.05) is 0 Å². The average molecular weight is 679 g/mol. The molecule has 0 amide bonds. The van der Waals surface area contributed by atoms with Crippen LogP contribution in [0.15, 0.2) is 87.7 Å². The molecule has 3 aromatic rings. The van der Waals surface area contributed by atoms with E-state index >= 15 is 0 Å². The van der Waals surface area contributed by atoms with E-state index in [1.165, 1.54) is 33.4 Å². The summed E-state index contributed by atoms with van der Waals surface area (Å²) in [5.41, 5.74) is 12.3. The first kappa shape index (κ1) is 35.0. The molecular weight excluding hydrogens is 631 g/mol. The largest absolute Gasteiger partial charge is 1.00 e. The van der Waals surface area contributed by atoms with Crippen LogP contribution in [-0.4, -0.2) is 3.21 Å². The molecule has 0 N–H and O–H groups in total. The fourth-order valence-corrected chi connectivity index (χ4v) is 15.5. The molecule has 0 fully saturated rings. The first-order valence-corrected chi connectivity index (χ1v) is 18.9. The second-order valence-corrected chi connectivity index (χ2v) is 21.9. The molecule has 0 saturated heterocycles. The van der Waals surface area contributed by atoms with E-state index in [2.05, 4.69) is 155 Å². The Balaban J connectivity index is 0.00000242. The topological polar surface area (TPSA) is 0 Å². The van der Waals surface area contributed by atoms with Gasteiger partial charge >= 0.3 is 253 Å². The summed E-state index contributed by atoms with van der Waals surface area (Å²) in [5, 5.41) is 0. The number of allylic oxidation sites excluding steroid dienone is 4. The maximum atomic E-state index is 2.64. The Morgan fingerprint density at radius 3 is 1.52 bits per heavy atom. The number of rotatable bonds is 3. The number of halogens is 2. The number of hydrogen-bond acceptors (Lipinski definition) is 0. The molecule has 0 aromatic heterocycles. The van der Waals surface area contributed by atoms with Crippen molar-refractivity contribution in [2.24, 2.45) is 11.3 Å². The zero-order chi connectivity index (χ0) is 29.2. The molecule has 0 nitrogen and oxygen atoms in total. The van der Waals surface area contributed by atoms with E-state index in [-0.39, 0.29) is 41.1 Å². The summed E-state index contributed by atoms with van der Waals surface area (Å²) in [4.78, 5) is 0. The van der Waals surface area contributed by atoms with Crippen molar-refractivity contribution >= 4 is 3.21 Å². The maximum Gasteiger partial charge on any atom is -1.00 e. The van der Waals surface area contributed by atoms with Crippen LogP contribution in [0.5, 0.6) is 0 Å². The molecule has 0 bridgehead atoms. The minimum Gasteiger partial charge on any atom is -1.00 e. The van der Waals surface area contributed by atoms with Crippen molar-refractivity contribution in [2.75, 3.05) is 0 Å². The molecule has 2 aliphatic rings. The third-order valence-corrected chi connectivity index (χ3v) is 17.7. The van der Waals surface area contributed by atoms with Crippen LogP contribution >= 0.6 is 0 Å². The van der Waals surface area contributed by atoms with E-state index in [9.17, 15) is 0 Å². The number of hydrogen-bond donors (Lipinski definition) is 0. The normalized spacial score (nSPS) is 16.9. The molecular formula is C39H48Cl2Zr. The summed E-state index contributed by atoms with van der Waals surface area (Å²) in [6, 6.07) is 26.2. The van der Waals surface area contributed by atoms with Crippen LogP contribution in [0.25, 0.3) is 11.1 Å². The molecule has 1 unspecified atom stereocenters. The first-order chi connectivity index (χ1) is 18.6. The monoisotopic (exact) mass is 676 g/mol. The zero-order valence-electron chi connectivity index (χ0n) is 27.4. The van der Waals surface area contributed by atoms with Crippen molar-refractivity contribution in [1.29, 1.82) is 0 Å². The van der Waals surface area contributed by atoms with Gasteiger partial charge in [-0.15, -0.1) is 0 Å². The predicted molar refractivity (Wildman–Crippen MR) is 172 cm³/mol. The van der Waals surface area contributed by atoms with Crippen LogP contribution in [0.1, 0.15) is 108 Å². The van der Waals surface area contributed by atoms with Gasteiger partial charge in [-0.3, -0.25) is 0 Å². The SMILES string of the molecule is C/[C](c1ccccc1)=[Zr+2](/[C]1=CC(C(C)(C)C)=CC1C)[CH]1c2ccc(C(C)(C)C)cc2-c2cc(C(C)(C)C)ccc21.[Cl-].[Cl-]. The van der Waals surface area contributed by atoms with Crippen LogP contribution < -0.4 is 24.8 Å². The summed E-state index contributed by atoms with van der Waals surface area (Å²) in [5.74, 6) is 0.498. The first-order valence-electron chi connectivity index (χ1n) is 15.1. The van der Waals surface area contributed by atoms with Crippen LogP contribution in [0, 0.1) is 11.3 Å². The molecule has 0 spiro atoms. The molecule has 3 heteroatoms.